The van der Waals surface area contributed by atoms with Crippen LogP contribution in [0.4, 0.5) is 4.79 Å². The molecule has 0 bridgehead atoms. The van der Waals surface area contributed by atoms with Crippen molar-refractivity contribution in [2.45, 2.75) is 26.3 Å². The monoisotopic (exact) mass is 592 g/mol. The highest BCUT2D eigenvalue weighted by Crippen LogP contribution is 2.38. The standard InChI is InChI=1S/C28H31Cl3N4O4/c1-3-35-22(17-33-13-6-14-34(16-15-33)26(36)18-9-11-19(29)12-10-18)23(27(37)39-4-2)25(32-28(35)38)20-7-5-8-21(30)24(20)31/h5,7-12,25H,3-4,6,13-17H2,1-2H3,(H,32,38)/t25-/m1/s1. The summed E-state index contributed by atoms with van der Waals surface area (Å²) in [6.45, 7) is 6.81. The highest BCUT2D eigenvalue weighted by atomic mass is 35.5. The number of hydrogen-bond acceptors (Lipinski definition) is 5. The molecule has 2 aliphatic heterocycles. The molecule has 2 aliphatic rings. The van der Waals surface area contributed by atoms with Gasteiger partial charge in [0.1, 0.15) is 0 Å². The summed E-state index contributed by atoms with van der Waals surface area (Å²) in [4.78, 5) is 45.2. The summed E-state index contributed by atoms with van der Waals surface area (Å²) in [6.07, 6.45) is 0.739. The molecular weight excluding hydrogens is 563 g/mol. The molecule has 4 rings (SSSR count). The lowest BCUT2D eigenvalue weighted by molar-refractivity contribution is -0.139. The van der Waals surface area contributed by atoms with Gasteiger partial charge in [-0.1, -0.05) is 46.9 Å². The Hall–Kier alpha value is -2.78. The molecule has 1 N–H and O–H groups in total. The molecule has 3 amide bonds. The van der Waals surface area contributed by atoms with E-state index < -0.39 is 12.0 Å². The Morgan fingerprint density at radius 3 is 2.44 bits per heavy atom. The average Bonchev–Trinajstić information content (AvgIpc) is 3.16. The number of urea groups is 1. The third-order valence-electron chi connectivity index (χ3n) is 6.88. The summed E-state index contributed by atoms with van der Waals surface area (Å²) in [7, 11) is 0. The first kappa shape index (κ1) is 29.2. The normalized spacial score (nSPS) is 18.6. The molecule has 8 nitrogen and oxygen atoms in total. The Labute approximate surface area is 243 Å². The minimum absolute atomic E-state index is 0.0529. The Balaban J connectivity index is 1.64. The molecule has 0 aliphatic carbocycles. The van der Waals surface area contributed by atoms with Gasteiger partial charge in [0, 0.05) is 55.6 Å². The summed E-state index contributed by atoms with van der Waals surface area (Å²) < 4.78 is 5.45. The molecule has 1 atom stereocenters. The fraction of sp³-hybridized carbons (Fsp3) is 0.393. The molecule has 39 heavy (non-hydrogen) atoms. The smallest absolute Gasteiger partial charge is 0.338 e. The van der Waals surface area contributed by atoms with E-state index in [1.807, 2.05) is 11.8 Å². The maximum Gasteiger partial charge on any atom is 0.338 e. The van der Waals surface area contributed by atoms with Crippen molar-refractivity contribution in [3.8, 4) is 0 Å². The van der Waals surface area contributed by atoms with Crippen LogP contribution in [0.1, 0.15) is 42.2 Å². The number of benzene rings is 2. The van der Waals surface area contributed by atoms with Gasteiger partial charge in [0.15, 0.2) is 0 Å². The van der Waals surface area contributed by atoms with Crippen molar-refractivity contribution < 1.29 is 19.1 Å². The molecule has 1 saturated heterocycles. The zero-order chi connectivity index (χ0) is 28.1. The van der Waals surface area contributed by atoms with Crippen LogP contribution in [0.5, 0.6) is 0 Å². The van der Waals surface area contributed by atoms with Crippen molar-refractivity contribution in [2.24, 2.45) is 0 Å². The van der Waals surface area contributed by atoms with E-state index in [2.05, 4.69) is 10.2 Å². The summed E-state index contributed by atoms with van der Waals surface area (Å²) in [5.41, 5.74) is 1.98. The number of likely N-dealkylation sites (N-methyl/N-ethyl adjacent to an activating group) is 1. The number of amides is 3. The largest absolute Gasteiger partial charge is 0.463 e. The van der Waals surface area contributed by atoms with Crippen LogP contribution in [0.3, 0.4) is 0 Å². The first-order valence-electron chi connectivity index (χ1n) is 12.9. The maximum absolute atomic E-state index is 13.4. The van der Waals surface area contributed by atoms with E-state index in [0.717, 1.165) is 6.42 Å². The molecule has 0 radical (unpaired) electrons. The Morgan fingerprint density at radius 2 is 1.74 bits per heavy atom. The zero-order valence-electron chi connectivity index (χ0n) is 21.9. The van der Waals surface area contributed by atoms with Crippen LogP contribution >= 0.6 is 34.8 Å². The maximum atomic E-state index is 13.4. The van der Waals surface area contributed by atoms with Gasteiger partial charge < -0.3 is 15.0 Å². The second-order valence-electron chi connectivity index (χ2n) is 9.28. The molecule has 11 heteroatoms. The van der Waals surface area contributed by atoms with Crippen LogP contribution in [-0.4, -0.2) is 78.5 Å². The number of nitrogens with one attached hydrogen (secondary N) is 1. The second kappa shape index (κ2) is 13.0. The minimum Gasteiger partial charge on any atom is -0.463 e. The van der Waals surface area contributed by atoms with E-state index in [0.29, 0.717) is 71.7 Å². The SMILES string of the molecule is CCOC(=O)C1=C(CN2CCCN(C(=O)c3ccc(Cl)cc3)CC2)N(CC)C(=O)N[C@@H]1c1cccc(Cl)c1Cl. The van der Waals surface area contributed by atoms with Gasteiger partial charge in [0.05, 0.1) is 28.3 Å². The van der Waals surface area contributed by atoms with Crippen molar-refractivity contribution in [3.63, 3.8) is 0 Å². The summed E-state index contributed by atoms with van der Waals surface area (Å²) >= 11 is 18.8. The van der Waals surface area contributed by atoms with Crippen molar-refractivity contribution in [1.29, 1.82) is 0 Å². The average molecular weight is 594 g/mol. The van der Waals surface area contributed by atoms with E-state index in [1.165, 1.54) is 0 Å². The van der Waals surface area contributed by atoms with Gasteiger partial charge in [-0.15, -0.1) is 0 Å². The van der Waals surface area contributed by atoms with Crippen LogP contribution in [0, 0.1) is 0 Å². The predicted molar refractivity (Wildman–Crippen MR) is 152 cm³/mol. The molecule has 208 valence electrons. The molecular formula is C28H31Cl3N4O4. The molecule has 2 aromatic carbocycles. The van der Waals surface area contributed by atoms with E-state index in [-0.39, 0.29) is 23.6 Å². The van der Waals surface area contributed by atoms with E-state index >= 15 is 0 Å². The van der Waals surface area contributed by atoms with Crippen LogP contribution in [-0.2, 0) is 9.53 Å². The van der Waals surface area contributed by atoms with Gasteiger partial charge in [0.25, 0.3) is 5.91 Å². The molecule has 0 saturated carbocycles. The topological polar surface area (TPSA) is 82.2 Å². The van der Waals surface area contributed by atoms with E-state index in [1.54, 1.807) is 54.3 Å². The van der Waals surface area contributed by atoms with Crippen molar-refractivity contribution in [2.75, 3.05) is 45.9 Å². The van der Waals surface area contributed by atoms with Crippen molar-refractivity contribution >= 4 is 52.7 Å². The van der Waals surface area contributed by atoms with Gasteiger partial charge in [-0.05, 0) is 56.2 Å². The molecule has 1 fully saturated rings. The molecule has 2 aromatic rings. The Bertz CT molecular complexity index is 1270. The van der Waals surface area contributed by atoms with Crippen LogP contribution in [0.25, 0.3) is 0 Å². The van der Waals surface area contributed by atoms with Gasteiger partial charge >= 0.3 is 12.0 Å². The zero-order valence-corrected chi connectivity index (χ0v) is 24.2. The Morgan fingerprint density at radius 1 is 1.00 bits per heavy atom. The summed E-state index contributed by atoms with van der Waals surface area (Å²) in [5.74, 6) is -0.579. The number of hydrogen-bond donors (Lipinski definition) is 1. The number of halogens is 3. The number of carbonyl (C=O) groups excluding carboxylic acids is 3. The quantitative estimate of drug-likeness (QED) is 0.435. The molecule has 0 aromatic heterocycles. The summed E-state index contributed by atoms with van der Waals surface area (Å²) in [6, 6.07) is 10.8. The first-order valence-corrected chi connectivity index (χ1v) is 14.1. The fourth-order valence-corrected chi connectivity index (χ4v) is 5.50. The minimum atomic E-state index is -0.824. The predicted octanol–water partition coefficient (Wildman–Crippen LogP) is 5.40. The lowest BCUT2D eigenvalue weighted by atomic mass is 9.94. The highest BCUT2D eigenvalue weighted by molar-refractivity contribution is 6.42. The number of rotatable bonds is 7. The molecule has 0 spiro atoms. The molecule has 2 heterocycles. The van der Waals surface area contributed by atoms with Gasteiger partial charge in [0.2, 0.25) is 0 Å². The number of esters is 1. The van der Waals surface area contributed by atoms with Gasteiger partial charge in [-0.2, -0.15) is 0 Å². The second-order valence-corrected chi connectivity index (χ2v) is 10.5. The van der Waals surface area contributed by atoms with Gasteiger partial charge in [-0.3, -0.25) is 14.6 Å². The van der Waals surface area contributed by atoms with Gasteiger partial charge in [-0.25, -0.2) is 9.59 Å². The fourth-order valence-electron chi connectivity index (χ4n) is 4.95. The molecule has 0 unspecified atom stereocenters. The van der Waals surface area contributed by atoms with Crippen LogP contribution < -0.4 is 5.32 Å². The van der Waals surface area contributed by atoms with E-state index in [9.17, 15) is 14.4 Å². The number of carbonyl (C=O) groups is 3. The Kier molecular flexibility index (Phi) is 9.77. The van der Waals surface area contributed by atoms with Crippen molar-refractivity contribution in [1.82, 2.24) is 20.0 Å². The van der Waals surface area contributed by atoms with Crippen LogP contribution in [0.2, 0.25) is 15.1 Å². The third-order valence-corrected chi connectivity index (χ3v) is 7.97. The van der Waals surface area contributed by atoms with Crippen LogP contribution in [0.15, 0.2) is 53.7 Å². The summed E-state index contributed by atoms with van der Waals surface area (Å²) in [5, 5.41) is 4.09. The number of nitrogens with zero attached hydrogens (tertiary/aromatic N) is 3. The lowest BCUT2D eigenvalue weighted by Crippen LogP contribution is -2.51. The third kappa shape index (κ3) is 6.52. The lowest BCUT2D eigenvalue weighted by Gasteiger charge is -2.38. The van der Waals surface area contributed by atoms with E-state index in [4.69, 9.17) is 39.5 Å². The van der Waals surface area contributed by atoms with Crippen molar-refractivity contribution in [3.05, 3.63) is 79.9 Å². The number of ether oxygens (including phenoxy) is 1. The highest BCUT2D eigenvalue weighted by Gasteiger charge is 2.39. The first-order chi connectivity index (χ1) is 18.7.